The Morgan fingerprint density at radius 3 is 2.83 bits per heavy atom. The van der Waals surface area contributed by atoms with Crippen LogP contribution in [0.4, 0.5) is 5.95 Å². The van der Waals surface area contributed by atoms with Gasteiger partial charge in [-0.25, -0.2) is 4.98 Å². The van der Waals surface area contributed by atoms with Crippen LogP contribution in [0.2, 0.25) is 0 Å². The van der Waals surface area contributed by atoms with E-state index in [9.17, 15) is 0 Å². The van der Waals surface area contributed by atoms with Crippen LogP contribution in [-0.2, 0) is 6.61 Å². The number of nitrogens with zero attached hydrogens (tertiary/aromatic N) is 3. The van der Waals surface area contributed by atoms with Crippen molar-refractivity contribution >= 4 is 17.1 Å². The van der Waals surface area contributed by atoms with E-state index >= 15 is 0 Å². The number of nitrogens with one attached hydrogen (secondary N) is 1. The first-order chi connectivity index (χ1) is 8.83. The van der Waals surface area contributed by atoms with E-state index in [0.717, 1.165) is 5.56 Å². The first-order valence-corrected chi connectivity index (χ1v) is 5.46. The molecule has 0 aliphatic rings. The van der Waals surface area contributed by atoms with Gasteiger partial charge in [-0.2, -0.15) is 9.97 Å². The second-order valence-corrected chi connectivity index (χ2v) is 3.76. The number of anilines is 1. The Labute approximate surface area is 103 Å². The molecule has 6 heteroatoms. The van der Waals surface area contributed by atoms with Crippen molar-refractivity contribution in [3.05, 3.63) is 42.2 Å². The molecule has 0 spiro atoms. The van der Waals surface area contributed by atoms with Crippen LogP contribution in [0.5, 0.6) is 5.88 Å². The molecule has 0 unspecified atom stereocenters. The number of rotatable bonds is 3. The summed E-state index contributed by atoms with van der Waals surface area (Å²) in [5.41, 5.74) is 7.81. The molecular formula is C12H11N5O. The van der Waals surface area contributed by atoms with Crippen molar-refractivity contribution in [2.45, 2.75) is 6.61 Å². The molecule has 0 amide bonds. The molecule has 0 atom stereocenters. The summed E-state index contributed by atoms with van der Waals surface area (Å²) < 4.78 is 5.64. The molecule has 90 valence electrons. The molecule has 2 heterocycles. The van der Waals surface area contributed by atoms with Crippen LogP contribution in [0.25, 0.3) is 11.2 Å². The van der Waals surface area contributed by atoms with Crippen LogP contribution in [0.3, 0.4) is 0 Å². The van der Waals surface area contributed by atoms with Gasteiger partial charge in [0.15, 0.2) is 5.65 Å². The predicted octanol–water partition coefficient (Wildman–Crippen LogP) is 1.51. The molecule has 0 radical (unpaired) electrons. The third-order valence-corrected chi connectivity index (χ3v) is 2.49. The van der Waals surface area contributed by atoms with E-state index in [-0.39, 0.29) is 5.95 Å². The van der Waals surface area contributed by atoms with E-state index in [0.29, 0.717) is 23.7 Å². The zero-order valence-corrected chi connectivity index (χ0v) is 9.50. The maximum Gasteiger partial charge on any atom is 0.245 e. The standard InChI is InChI=1S/C12H11N5O/c13-12-16-10-9(14-7-15-10)11(17-12)18-6-8-4-2-1-3-5-8/h1-5,7H,6H2,(H3,13,14,15,16,17)/i9+1,10+1,11+1,12+1. The average Bonchev–Trinajstić information content (AvgIpc) is 2.85. The van der Waals surface area contributed by atoms with E-state index in [1.165, 1.54) is 6.33 Å². The third kappa shape index (κ3) is 1.95. The molecule has 0 fully saturated rings. The maximum atomic E-state index is 5.64. The number of benzene rings is 1. The number of hydrogen-bond donors (Lipinski definition) is 2. The number of aromatic nitrogens is 4. The highest BCUT2D eigenvalue weighted by atomic mass is 16.6. The molecule has 1 aromatic carbocycles. The number of nitrogen functional groups attached to an aromatic ring is 1. The average molecular weight is 245 g/mol. The van der Waals surface area contributed by atoms with Crippen molar-refractivity contribution in [3.8, 4) is 5.88 Å². The molecule has 2 aromatic heterocycles. The highest BCUT2D eigenvalue weighted by molar-refractivity contribution is 5.76. The van der Waals surface area contributed by atoms with Crippen LogP contribution in [-0.4, -0.2) is 19.9 Å². The van der Waals surface area contributed by atoms with Crippen LogP contribution < -0.4 is 10.5 Å². The fourth-order valence-electron chi connectivity index (χ4n) is 1.65. The Morgan fingerprint density at radius 1 is 1.17 bits per heavy atom. The zero-order valence-electron chi connectivity index (χ0n) is 9.50. The highest BCUT2D eigenvalue weighted by Crippen LogP contribution is 2.20. The van der Waals surface area contributed by atoms with Crippen molar-refractivity contribution in [3.63, 3.8) is 0 Å². The molecule has 18 heavy (non-hydrogen) atoms. The molecular weight excluding hydrogens is 234 g/mol. The number of aromatic amines is 1. The molecule has 3 N–H and O–H groups in total. The number of hydrogen-bond acceptors (Lipinski definition) is 5. The highest BCUT2D eigenvalue weighted by Gasteiger charge is 2.09. The lowest BCUT2D eigenvalue weighted by molar-refractivity contribution is 0.297. The lowest BCUT2D eigenvalue weighted by Crippen LogP contribution is -2.02. The van der Waals surface area contributed by atoms with Crippen molar-refractivity contribution in [2.75, 3.05) is 5.73 Å². The normalized spacial score (nSPS) is 10.7. The number of imidazole rings is 1. The van der Waals surface area contributed by atoms with Crippen molar-refractivity contribution in [1.82, 2.24) is 19.9 Å². The number of ether oxygens (including phenoxy) is 1. The number of nitrogens with two attached hydrogens (primary N) is 1. The summed E-state index contributed by atoms with van der Waals surface area (Å²) in [5.74, 6) is 0.566. The minimum atomic E-state index is 0.151. The predicted molar refractivity (Wildman–Crippen MR) is 66.9 cm³/mol. The van der Waals surface area contributed by atoms with Gasteiger partial charge in [-0.1, -0.05) is 30.3 Å². The Morgan fingerprint density at radius 2 is 2.00 bits per heavy atom. The van der Waals surface area contributed by atoms with Gasteiger partial charge in [0.25, 0.3) is 0 Å². The molecule has 3 rings (SSSR count). The maximum absolute atomic E-state index is 5.64. The molecule has 0 bridgehead atoms. The summed E-state index contributed by atoms with van der Waals surface area (Å²) in [4.78, 5) is 15.0. The molecule has 0 saturated heterocycles. The minimum Gasteiger partial charge on any atom is -0.471 e. The van der Waals surface area contributed by atoms with Crippen molar-refractivity contribution < 1.29 is 4.74 Å². The molecule has 0 aliphatic heterocycles. The Balaban J connectivity index is 1.88. The smallest absolute Gasteiger partial charge is 0.245 e. The summed E-state index contributed by atoms with van der Waals surface area (Å²) in [6.45, 7) is 0.422. The monoisotopic (exact) mass is 245 g/mol. The van der Waals surface area contributed by atoms with Gasteiger partial charge in [-0.3, -0.25) is 0 Å². The van der Waals surface area contributed by atoms with E-state index in [1.54, 1.807) is 0 Å². The van der Waals surface area contributed by atoms with E-state index in [2.05, 4.69) is 19.9 Å². The van der Waals surface area contributed by atoms with Gasteiger partial charge < -0.3 is 15.5 Å². The van der Waals surface area contributed by atoms with Gasteiger partial charge in [0.1, 0.15) is 12.1 Å². The quantitative estimate of drug-likeness (QED) is 0.730. The second kappa shape index (κ2) is 4.33. The number of H-pyrrole nitrogens is 1. The second-order valence-electron chi connectivity index (χ2n) is 3.76. The van der Waals surface area contributed by atoms with E-state index in [1.807, 2.05) is 30.3 Å². The van der Waals surface area contributed by atoms with E-state index in [4.69, 9.17) is 10.5 Å². The summed E-state index contributed by atoms with van der Waals surface area (Å²) in [6.07, 6.45) is 1.54. The van der Waals surface area contributed by atoms with Gasteiger partial charge in [-0.15, -0.1) is 0 Å². The lowest BCUT2D eigenvalue weighted by Gasteiger charge is -2.06. The summed E-state index contributed by atoms with van der Waals surface area (Å²) >= 11 is 0. The Kier molecular flexibility index (Phi) is 2.53. The largest absolute Gasteiger partial charge is 0.471 e. The molecule has 6 nitrogen and oxygen atoms in total. The zero-order chi connectivity index (χ0) is 12.4. The van der Waals surface area contributed by atoms with E-state index < -0.39 is 0 Å². The minimum absolute atomic E-state index is 0.151. The first-order valence-electron chi connectivity index (χ1n) is 5.46. The number of fused-ring (bicyclic) bond motifs is 1. The molecule has 0 aliphatic carbocycles. The fourth-order valence-corrected chi connectivity index (χ4v) is 1.65. The fraction of sp³-hybridized carbons (Fsp3) is 0.0833. The summed E-state index contributed by atoms with van der Waals surface area (Å²) in [5, 5.41) is 0. The van der Waals surface area contributed by atoms with Crippen LogP contribution in [0.1, 0.15) is 5.56 Å². The first kappa shape index (κ1) is 10.5. The lowest BCUT2D eigenvalue weighted by atomic mass is 10.2. The van der Waals surface area contributed by atoms with Gasteiger partial charge in [0.2, 0.25) is 11.8 Å². The van der Waals surface area contributed by atoms with Crippen LogP contribution in [0.15, 0.2) is 36.7 Å². The SMILES string of the molecule is N[13c]1n[13c](OCc2ccccc2)[13c]2[nH]cn[13c]2n1. The van der Waals surface area contributed by atoms with Crippen LogP contribution >= 0.6 is 0 Å². The van der Waals surface area contributed by atoms with Crippen molar-refractivity contribution in [2.24, 2.45) is 0 Å². The molecule has 0 saturated carbocycles. The van der Waals surface area contributed by atoms with Gasteiger partial charge >= 0.3 is 0 Å². The van der Waals surface area contributed by atoms with Gasteiger partial charge in [0, 0.05) is 0 Å². The topological polar surface area (TPSA) is 89.7 Å². The Bertz CT molecular complexity index is 665. The Hall–Kier alpha value is -2.63. The van der Waals surface area contributed by atoms with Crippen LogP contribution in [0, 0.1) is 0 Å². The van der Waals surface area contributed by atoms with Crippen molar-refractivity contribution in [1.29, 1.82) is 0 Å². The third-order valence-electron chi connectivity index (χ3n) is 2.49. The molecule has 3 aromatic rings. The summed E-state index contributed by atoms with van der Waals surface area (Å²) in [6, 6.07) is 9.83. The summed E-state index contributed by atoms with van der Waals surface area (Å²) in [7, 11) is 0. The van der Waals surface area contributed by atoms with Gasteiger partial charge in [-0.05, 0) is 5.56 Å². The van der Waals surface area contributed by atoms with Gasteiger partial charge in [0.05, 0.1) is 6.33 Å².